The fraction of sp³-hybridized carbons (Fsp3) is 0.692. The first-order valence-electron chi connectivity index (χ1n) is 6.90. The molecule has 0 aliphatic carbocycles. The molecule has 1 aliphatic heterocycles. The van der Waals surface area contributed by atoms with E-state index < -0.39 is 0 Å². The Morgan fingerprint density at radius 3 is 2.89 bits per heavy atom. The molecule has 1 N–H and O–H groups in total. The highest BCUT2D eigenvalue weighted by Gasteiger charge is 2.22. The van der Waals surface area contributed by atoms with Crippen LogP contribution in [-0.4, -0.2) is 52.8 Å². The Morgan fingerprint density at radius 2 is 2.26 bits per heavy atom. The molecule has 1 saturated heterocycles. The van der Waals surface area contributed by atoms with Crippen molar-refractivity contribution >= 4 is 6.09 Å². The molecule has 1 amide bonds. The molecule has 1 fully saturated rings. The number of aromatic nitrogens is 2. The summed E-state index contributed by atoms with van der Waals surface area (Å²) in [5, 5.41) is 3.52. The molecule has 0 saturated carbocycles. The standard InChI is InChI=1S/C13H22N4O2/c1-2-19-13(18)17-7-3-12(4-8-17)15-6-10-16-9-5-14-11-16/h5,9,11-12,15H,2-4,6-8,10H2,1H3. The molecule has 2 heterocycles. The van der Waals surface area contributed by atoms with Crippen LogP contribution in [0.15, 0.2) is 18.7 Å². The number of hydrogen-bond donors (Lipinski definition) is 1. The molecule has 106 valence electrons. The molecule has 1 aromatic rings. The van der Waals surface area contributed by atoms with Crippen molar-refractivity contribution in [3.8, 4) is 0 Å². The number of likely N-dealkylation sites (tertiary alicyclic amines) is 1. The van der Waals surface area contributed by atoms with Gasteiger partial charge < -0.3 is 19.5 Å². The summed E-state index contributed by atoms with van der Waals surface area (Å²) in [6.07, 6.45) is 7.37. The molecule has 19 heavy (non-hydrogen) atoms. The molecule has 0 spiro atoms. The first-order valence-corrected chi connectivity index (χ1v) is 6.90. The second kappa shape index (κ2) is 7.13. The van der Waals surface area contributed by atoms with Gasteiger partial charge in [0.25, 0.3) is 0 Å². The fourth-order valence-corrected chi connectivity index (χ4v) is 2.30. The Hall–Kier alpha value is -1.56. The molecule has 6 nitrogen and oxygen atoms in total. The lowest BCUT2D eigenvalue weighted by Crippen LogP contribution is -2.45. The predicted molar refractivity (Wildman–Crippen MR) is 71.8 cm³/mol. The lowest BCUT2D eigenvalue weighted by molar-refractivity contribution is 0.0951. The van der Waals surface area contributed by atoms with E-state index in [-0.39, 0.29) is 6.09 Å². The minimum atomic E-state index is -0.181. The first kappa shape index (κ1) is 13.9. The van der Waals surface area contributed by atoms with Gasteiger partial charge in [-0.2, -0.15) is 0 Å². The van der Waals surface area contributed by atoms with Crippen LogP contribution in [0.1, 0.15) is 19.8 Å². The average Bonchev–Trinajstić information content (AvgIpc) is 2.93. The van der Waals surface area contributed by atoms with E-state index in [0.29, 0.717) is 12.6 Å². The van der Waals surface area contributed by atoms with Gasteiger partial charge in [0.15, 0.2) is 0 Å². The average molecular weight is 266 g/mol. The molecule has 2 rings (SSSR count). The van der Waals surface area contributed by atoms with Gasteiger partial charge in [-0.1, -0.05) is 0 Å². The Labute approximate surface area is 113 Å². The molecule has 0 aromatic carbocycles. The normalized spacial score (nSPS) is 16.6. The third-order valence-electron chi connectivity index (χ3n) is 3.38. The minimum Gasteiger partial charge on any atom is -0.450 e. The van der Waals surface area contributed by atoms with Gasteiger partial charge in [0.2, 0.25) is 0 Å². The first-order chi connectivity index (χ1) is 9.29. The number of carbonyl (C=O) groups is 1. The van der Waals surface area contributed by atoms with Crippen molar-refractivity contribution in [3.63, 3.8) is 0 Å². The van der Waals surface area contributed by atoms with Gasteiger partial charge in [-0.3, -0.25) is 0 Å². The number of hydrogen-bond acceptors (Lipinski definition) is 4. The second-order valence-electron chi connectivity index (χ2n) is 4.71. The highest BCUT2D eigenvalue weighted by atomic mass is 16.6. The van der Waals surface area contributed by atoms with Crippen molar-refractivity contribution in [2.45, 2.75) is 32.4 Å². The molecule has 6 heteroatoms. The lowest BCUT2D eigenvalue weighted by Gasteiger charge is -2.31. The van der Waals surface area contributed by atoms with E-state index in [1.807, 2.05) is 19.4 Å². The number of imidazole rings is 1. The van der Waals surface area contributed by atoms with E-state index >= 15 is 0 Å². The summed E-state index contributed by atoms with van der Waals surface area (Å²) in [5.74, 6) is 0. The smallest absolute Gasteiger partial charge is 0.409 e. The van der Waals surface area contributed by atoms with E-state index in [2.05, 4.69) is 14.9 Å². The number of nitrogens with zero attached hydrogens (tertiary/aromatic N) is 3. The highest BCUT2D eigenvalue weighted by Crippen LogP contribution is 2.11. The van der Waals surface area contributed by atoms with Crippen molar-refractivity contribution in [1.82, 2.24) is 19.8 Å². The Kier molecular flexibility index (Phi) is 5.20. The van der Waals surface area contributed by atoms with Crippen molar-refractivity contribution in [2.75, 3.05) is 26.2 Å². The molecule has 1 aliphatic rings. The summed E-state index contributed by atoms with van der Waals surface area (Å²) in [7, 11) is 0. The molecule has 0 unspecified atom stereocenters. The monoisotopic (exact) mass is 266 g/mol. The van der Waals surface area contributed by atoms with Crippen LogP contribution < -0.4 is 5.32 Å². The minimum absolute atomic E-state index is 0.181. The topological polar surface area (TPSA) is 59.4 Å². The maximum atomic E-state index is 11.5. The number of piperidine rings is 1. The summed E-state index contributed by atoms with van der Waals surface area (Å²) in [5.41, 5.74) is 0. The van der Waals surface area contributed by atoms with Crippen LogP contribution >= 0.6 is 0 Å². The maximum absolute atomic E-state index is 11.5. The molecule has 0 radical (unpaired) electrons. The van der Waals surface area contributed by atoms with E-state index in [1.165, 1.54) is 0 Å². The largest absolute Gasteiger partial charge is 0.450 e. The molecule has 0 atom stereocenters. The SMILES string of the molecule is CCOC(=O)N1CCC(NCCn2ccnc2)CC1. The van der Waals surface area contributed by atoms with E-state index in [4.69, 9.17) is 4.74 Å². The summed E-state index contributed by atoms with van der Waals surface area (Å²) in [4.78, 5) is 17.3. The molecule has 1 aromatic heterocycles. The third-order valence-corrected chi connectivity index (χ3v) is 3.38. The van der Waals surface area contributed by atoms with Gasteiger partial charge in [-0.05, 0) is 19.8 Å². The zero-order valence-corrected chi connectivity index (χ0v) is 11.4. The van der Waals surface area contributed by atoms with Gasteiger partial charge >= 0.3 is 6.09 Å². The quantitative estimate of drug-likeness (QED) is 0.867. The van der Waals surface area contributed by atoms with Gasteiger partial charge in [0.1, 0.15) is 0 Å². The Bertz CT molecular complexity index is 372. The van der Waals surface area contributed by atoms with Crippen molar-refractivity contribution < 1.29 is 9.53 Å². The summed E-state index contributed by atoms with van der Waals surface area (Å²) >= 11 is 0. The van der Waals surface area contributed by atoms with Crippen molar-refractivity contribution in [1.29, 1.82) is 0 Å². The summed E-state index contributed by atoms with van der Waals surface area (Å²) in [6.45, 7) is 5.70. The van der Waals surface area contributed by atoms with E-state index in [0.717, 1.165) is 39.0 Å². The second-order valence-corrected chi connectivity index (χ2v) is 4.71. The summed E-state index contributed by atoms with van der Waals surface area (Å²) < 4.78 is 7.06. The van der Waals surface area contributed by atoms with Crippen LogP contribution in [0.4, 0.5) is 4.79 Å². The number of amides is 1. The molecular formula is C13H22N4O2. The number of ether oxygens (including phenoxy) is 1. The number of rotatable bonds is 5. The van der Waals surface area contributed by atoms with Crippen molar-refractivity contribution in [3.05, 3.63) is 18.7 Å². The lowest BCUT2D eigenvalue weighted by atomic mass is 10.1. The Morgan fingerprint density at radius 1 is 1.47 bits per heavy atom. The van der Waals surface area contributed by atoms with Crippen LogP contribution in [0.2, 0.25) is 0 Å². The van der Waals surface area contributed by atoms with Gasteiger partial charge in [-0.15, -0.1) is 0 Å². The van der Waals surface area contributed by atoms with Gasteiger partial charge in [0.05, 0.1) is 12.9 Å². The molecular weight excluding hydrogens is 244 g/mol. The zero-order chi connectivity index (χ0) is 13.5. The van der Waals surface area contributed by atoms with Crippen LogP contribution in [-0.2, 0) is 11.3 Å². The zero-order valence-electron chi connectivity index (χ0n) is 11.4. The Balaban J connectivity index is 1.62. The van der Waals surface area contributed by atoms with Crippen molar-refractivity contribution in [2.24, 2.45) is 0 Å². The number of nitrogens with one attached hydrogen (secondary N) is 1. The van der Waals surface area contributed by atoms with Crippen LogP contribution in [0.25, 0.3) is 0 Å². The predicted octanol–water partition coefficient (Wildman–Crippen LogP) is 1.09. The molecule has 0 bridgehead atoms. The van der Waals surface area contributed by atoms with Crippen LogP contribution in [0.5, 0.6) is 0 Å². The highest BCUT2D eigenvalue weighted by molar-refractivity contribution is 5.67. The van der Waals surface area contributed by atoms with Gasteiger partial charge in [0, 0.05) is 44.6 Å². The third kappa shape index (κ3) is 4.24. The number of carbonyl (C=O) groups excluding carboxylic acids is 1. The summed E-state index contributed by atoms with van der Waals surface area (Å²) in [6, 6.07) is 0.495. The maximum Gasteiger partial charge on any atom is 0.409 e. The van der Waals surface area contributed by atoms with E-state index in [1.54, 1.807) is 11.1 Å². The van der Waals surface area contributed by atoms with E-state index in [9.17, 15) is 4.79 Å². The van der Waals surface area contributed by atoms with Crippen LogP contribution in [0.3, 0.4) is 0 Å². The van der Waals surface area contributed by atoms with Gasteiger partial charge in [-0.25, -0.2) is 9.78 Å². The fourth-order valence-electron chi connectivity index (χ4n) is 2.30. The van der Waals surface area contributed by atoms with Crippen LogP contribution in [0, 0.1) is 0 Å².